The minimum atomic E-state index is -0.592. The molecule has 2 rings (SSSR count). The summed E-state index contributed by atoms with van der Waals surface area (Å²) in [6.45, 7) is 15.3. The van der Waals surface area contributed by atoms with Crippen LogP contribution in [0.15, 0.2) is 9.81 Å². The summed E-state index contributed by atoms with van der Waals surface area (Å²) in [5.74, 6) is -1.18. The maximum Gasteiger partial charge on any atom is 0.347 e. The molecule has 0 radical (unpaired) electrons. The van der Waals surface area contributed by atoms with Crippen LogP contribution < -0.4 is 0 Å². The van der Waals surface area contributed by atoms with E-state index >= 15 is 0 Å². The molecule has 0 bridgehead atoms. The van der Waals surface area contributed by atoms with Crippen molar-refractivity contribution in [3.63, 3.8) is 0 Å². The first kappa shape index (κ1) is 21.6. The zero-order valence-electron chi connectivity index (χ0n) is 16.5. The van der Waals surface area contributed by atoms with Gasteiger partial charge in [0.15, 0.2) is 5.57 Å². The molecule has 0 saturated carbocycles. The minimum Gasteiger partial charge on any atom is -0.459 e. The predicted octanol–water partition coefficient (Wildman–Crippen LogP) is 2.89. The molecule has 0 N–H and O–H groups in total. The van der Waals surface area contributed by atoms with Crippen LogP contribution in [0.3, 0.4) is 0 Å². The second-order valence-electron chi connectivity index (χ2n) is 6.84. The van der Waals surface area contributed by atoms with Crippen LogP contribution >= 0.6 is 23.5 Å². The Bertz CT molecular complexity index is 519. The third-order valence-corrected chi connectivity index (χ3v) is 7.38. The molecule has 0 spiro atoms. The molecule has 2 unspecified atom stereocenters. The fraction of sp³-hybridized carbons (Fsp3) is 0.778. The lowest BCUT2D eigenvalue weighted by Crippen LogP contribution is -2.54. The topological polar surface area (TPSA) is 59.1 Å². The van der Waals surface area contributed by atoms with Gasteiger partial charge in [-0.3, -0.25) is 9.80 Å². The Hall–Kier alpha value is -0.700. The number of hydrogen-bond acceptors (Lipinski definition) is 8. The van der Waals surface area contributed by atoms with Crippen molar-refractivity contribution < 1.29 is 19.1 Å². The van der Waals surface area contributed by atoms with Gasteiger partial charge in [-0.2, -0.15) is 0 Å². The smallest absolute Gasteiger partial charge is 0.347 e. The third kappa shape index (κ3) is 4.97. The molecule has 0 amide bonds. The van der Waals surface area contributed by atoms with Crippen LogP contribution in [0, 0.1) is 0 Å². The number of rotatable bonds is 6. The van der Waals surface area contributed by atoms with E-state index in [1.807, 2.05) is 0 Å². The van der Waals surface area contributed by atoms with Gasteiger partial charge < -0.3 is 9.47 Å². The second kappa shape index (κ2) is 9.48. The van der Waals surface area contributed by atoms with E-state index in [0.29, 0.717) is 0 Å². The predicted molar refractivity (Wildman–Crippen MR) is 107 cm³/mol. The highest BCUT2D eigenvalue weighted by Gasteiger charge is 2.45. The summed E-state index contributed by atoms with van der Waals surface area (Å²) in [7, 11) is 0. The van der Waals surface area contributed by atoms with Crippen molar-refractivity contribution in [2.75, 3.05) is 26.2 Å². The highest BCUT2D eigenvalue weighted by molar-refractivity contribution is 8.26. The van der Waals surface area contributed by atoms with Gasteiger partial charge in [0.25, 0.3) is 0 Å². The molecule has 0 aliphatic carbocycles. The Morgan fingerprint density at radius 1 is 0.923 bits per heavy atom. The number of nitrogens with zero attached hydrogens (tertiary/aromatic N) is 2. The fourth-order valence-corrected chi connectivity index (χ4v) is 6.51. The number of ether oxygens (including phenoxy) is 2. The normalized spacial score (nSPS) is 24.1. The van der Waals surface area contributed by atoms with E-state index in [9.17, 15) is 9.59 Å². The number of carbonyl (C=O) groups is 2. The van der Waals surface area contributed by atoms with Gasteiger partial charge in [0.05, 0.1) is 27.2 Å². The van der Waals surface area contributed by atoms with Crippen LogP contribution in [-0.4, -0.2) is 70.9 Å². The third-order valence-electron chi connectivity index (χ3n) is 4.20. The van der Waals surface area contributed by atoms with Crippen LogP contribution in [0.25, 0.3) is 0 Å². The summed E-state index contributed by atoms with van der Waals surface area (Å²) in [6.07, 6.45) is -0.578. The molecule has 2 aliphatic heterocycles. The van der Waals surface area contributed by atoms with Gasteiger partial charge in [-0.1, -0.05) is 37.4 Å². The number of fused-ring (bicyclic) bond motifs is 1. The monoisotopic (exact) mass is 402 g/mol. The van der Waals surface area contributed by atoms with Crippen molar-refractivity contribution in [2.24, 2.45) is 0 Å². The Morgan fingerprint density at radius 3 is 1.62 bits per heavy atom. The summed E-state index contributed by atoms with van der Waals surface area (Å²) in [5.41, 5.74) is 0.0453. The summed E-state index contributed by atoms with van der Waals surface area (Å²) < 4.78 is 11.4. The lowest BCUT2D eigenvalue weighted by Gasteiger charge is -2.42. The number of piperazine rings is 1. The highest BCUT2D eigenvalue weighted by atomic mass is 32.2. The maximum absolute atomic E-state index is 12.6. The van der Waals surface area contributed by atoms with Crippen molar-refractivity contribution in [3.8, 4) is 0 Å². The number of carbonyl (C=O) groups excluding carboxylic acids is 2. The van der Waals surface area contributed by atoms with E-state index in [4.69, 9.17) is 9.47 Å². The Kier molecular flexibility index (Phi) is 7.88. The SMILES string of the molecule is CCN1CCN(CC)C2SC(=C(C(=O)OC(C)C)C(=O)OC(C)C)SC21. The first-order valence-corrected chi connectivity index (χ1v) is 11.0. The van der Waals surface area contributed by atoms with Crippen molar-refractivity contribution in [1.82, 2.24) is 9.80 Å². The Balaban J connectivity index is 2.36. The largest absolute Gasteiger partial charge is 0.459 e. The van der Waals surface area contributed by atoms with Gasteiger partial charge in [0.2, 0.25) is 0 Å². The zero-order chi connectivity index (χ0) is 19.4. The van der Waals surface area contributed by atoms with Crippen molar-refractivity contribution in [1.29, 1.82) is 0 Å². The van der Waals surface area contributed by atoms with Crippen LogP contribution in [0.5, 0.6) is 0 Å². The highest BCUT2D eigenvalue weighted by Crippen LogP contribution is 2.52. The van der Waals surface area contributed by atoms with Gasteiger partial charge in [-0.05, 0) is 40.8 Å². The Morgan fingerprint density at radius 2 is 1.31 bits per heavy atom. The zero-order valence-corrected chi connectivity index (χ0v) is 18.1. The van der Waals surface area contributed by atoms with Crippen LogP contribution in [0.2, 0.25) is 0 Å². The molecule has 0 aromatic rings. The molecule has 2 heterocycles. The average molecular weight is 403 g/mol. The van der Waals surface area contributed by atoms with E-state index in [0.717, 1.165) is 30.4 Å². The lowest BCUT2D eigenvalue weighted by molar-refractivity contribution is -0.150. The quantitative estimate of drug-likeness (QED) is 0.291. The van der Waals surface area contributed by atoms with Gasteiger partial charge in [0.1, 0.15) is 0 Å². The van der Waals surface area contributed by atoms with Crippen LogP contribution in [0.1, 0.15) is 41.5 Å². The number of thioether (sulfide) groups is 2. The number of esters is 2. The number of hydrogen-bond donors (Lipinski definition) is 0. The van der Waals surface area contributed by atoms with Crippen LogP contribution in [0.4, 0.5) is 0 Å². The minimum absolute atomic E-state index is 0.0453. The van der Waals surface area contributed by atoms with Crippen molar-refractivity contribution >= 4 is 35.5 Å². The first-order valence-electron chi connectivity index (χ1n) is 9.26. The van der Waals surface area contributed by atoms with Gasteiger partial charge in [-0.15, -0.1) is 0 Å². The summed E-state index contributed by atoms with van der Waals surface area (Å²) in [6, 6.07) is 0. The molecule has 2 fully saturated rings. The van der Waals surface area contributed by atoms with E-state index < -0.39 is 11.9 Å². The molecule has 26 heavy (non-hydrogen) atoms. The van der Waals surface area contributed by atoms with Crippen molar-refractivity contribution in [2.45, 2.75) is 64.5 Å². The average Bonchev–Trinajstić information content (AvgIpc) is 2.96. The number of likely N-dealkylation sites (N-methyl/N-ethyl adjacent to an activating group) is 2. The molecule has 2 aliphatic rings. The van der Waals surface area contributed by atoms with Gasteiger partial charge >= 0.3 is 11.9 Å². The molecule has 2 atom stereocenters. The summed E-state index contributed by atoms with van der Waals surface area (Å²) >= 11 is 3.18. The molecule has 0 aromatic carbocycles. The van der Waals surface area contributed by atoms with E-state index in [1.54, 1.807) is 51.2 Å². The fourth-order valence-electron chi connectivity index (χ4n) is 2.97. The van der Waals surface area contributed by atoms with E-state index in [-0.39, 0.29) is 28.5 Å². The molecular weight excluding hydrogens is 372 g/mol. The standard InChI is InChI=1S/C18H30N2O4S2/c1-7-19-9-10-20(8-2)15-14(19)25-18(26-15)13(16(21)23-11(3)4)17(22)24-12(5)6/h11-12,14-15H,7-10H2,1-6H3. The summed E-state index contributed by atoms with van der Waals surface area (Å²) in [4.78, 5) is 30.1. The maximum atomic E-state index is 12.6. The van der Waals surface area contributed by atoms with Gasteiger partial charge in [0, 0.05) is 13.1 Å². The second-order valence-corrected chi connectivity index (χ2v) is 9.36. The van der Waals surface area contributed by atoms with E-state index in [2.05, 4.69) is 23.6 Å². The van der Waals surface area contributed by atoms with Crippen molar-refractivity contribution in [3.05, 3.63) is 9.81 Å². The molecule has 6 nitrogen and oxygen atoms in total. The van der Waals surface area contributed by atoms with E-state index in [1.165, 1.54) is 0 Å². The van der Waals surface area contributed by atoms with Crippen LogP contribution in [-0.2, 0) is 19.1 Å². The first-order chi connectivity index (χ1) is 12.3. The molecule has 0 aromatic heterocycles. The Labute approximate surface area is 165 Å². The lowest BCUT2D eigenvalue weighted by atomic mass is 10.3. The summed E-state index contributed by atoms with van der Waals surface area (Å²) in [5, 5.41) is 0.449. The molecule has 8 heteroatoms. The molecular formula is C18H30N2O4S2. The molecule has 148 valence electrons. The van der Waals surface area contributed by atoms with Gasteiger partial charge in [-0.25, -0.2) is 9.59 Å². The molecule has 2 saturated heterocycles.